The molecule has 19 heavy (non-hydrogen) atoms. The highest BCUT2D eigenvalue weighted by Gasteiger charge is 2.42. The highest BCUT2D eigenvalue weighted by atomic mass is 28.3. The number of fused-ring (bicyclic) bond motifs is 2. The van der Waals surface area contributed by atoms with Gasteiger partial charge in [0.05, 0.1) is 8.07 Å². The van der Waals surface area contributed by atoms with Crippen LogP contribution in [0.1, 0.15) is 19.4 Å². The number of nitrogens with zero attached hydrogens (tertiary/aromatic N) is 1. The molecule has 0 bridgehead atoms. The van der Waals surface area contributed by atoms with E-state index in [4.69, 9.17) is 0 Å². The second kappa shape index (κ2) is 5.26. The Labute approximate surface area is 118 Å². The van der Waals surface area contributed by atoms with E-state index in [-0.39, 0.29) is 0 Å². The molecular formula is C17H25NSi. The zero-order valence-corrected chi connectivity index (χ0v) is 13.3. The summed E-state index contributed by atoms with van der Waals surface area (Å²) in [6, 6.07) is 13.8. The minimum absolute atomic E-state index is 1.10. The first-order chi connectivity index (χ1) is 9.20. The fourth-order valence-electron chi connectivity index (χ4n) is 3.76. The molecule has 1 aromatic carbocycles. The van der Waals surface area contributed by atoms with Crippen molar-refractivity contribution in [1.29, 1.82) is 0 Å². The first-order valence-electron chi connectivity index (χ1n) is 7.64. The molecular weight excluding hydrogens is 246 g/mol. The van der Waals surface area contributed by atoms with Gasteiger partial charge in [0.2, 0.25) is 0 Å². The second-order valence-corrected chi connectivity index (χ2v) is 11.1. The van der Waals surface area contributed by atoms with Crippen molar-refractivity contribution in [2.75, 3.05) is 19.6 Å². The lowest BCUT2D eigenvalue weighted by molar-refractivity contribution is 0.321. The lowest BCUT2D eigenvalue weighted by Crippen LogP contribution is -2.53. The van der Waals surface area contributed by atoms with E-state index in [0.29, 0.717) is 0 Å². The first-order valence-corrected chi connectivity index (χ1v) is 10.3. The summed E-state index contributed by atoms with van der Waals surface area (Å²) in [5.74, 6) is 0. The van der Waals surface area contributed by atoms with E-state index in [2.05, 4.69) is 49.1 Å². The van der Waals surface area contributed by atoms with E-state index < -0.39 is 8.07 Å². The Balaban J connectivity index is 1.69. The van der Waals surface area contributed by atoms with Crippen LogP contribution in [0.2, 0.25) is 18.1 Å². The molecule has 102 valence electrons. The van der Waals surface area contributed by atoms with Crippen LogP contribution in [0.15, 0.2) is 35.9 Å². The SMILES string of the molecule is CC(C)=CCN1CC[Si]2(CCc3ccccc32)CC1. The lowest BCUT2D eigenvalue weighted by Gasteiger charge is -2.38. The summed E-state index contributed by atoms with van der Waals surface area (Å²) in [6.45, 7) is 8.21. The molecule has 1 saturated heterocycles. The summed E-state index contributed by atoms with van der Waals surface area (Å²) in [6.07, 6.45) is 3.73. The molecule has 1 aromatic rings. The summed E-state index contributed by atoms with van der Waals surface area (Å²) >= 11 is 0. The quantitative estimate of drug-likeness (QED) is 0.590. The fraction of sp³-hybridized carbons (Fsp3) is 0.529. The van der Waals surface area contributed by atoms with Gasteiger partial charge in [-0.15, -0.1) is 0 Å². The second-order valence-electron chi connectivity index (χ2n) is 6.52. The molecule has 3 rings (SSSR count). The molecule has 0 aromatic heterocycles. The average Bonchev–Trinajstić information content (AvgIpc) is 2.78. The Morgan fingerprint density at radius 3 is 2.63 bits per heavy atom. The van der Waals surface area contributed by atoms with Crippen LogP contribution in [0, 0.1) is 0 Å². The van der Waals surface area contributed by atoms with Crippen molar-refractivity contribution in [2.45, 2.75) is 38.4 Å². The molecule has 0 N–H and O–H groups in total. The standard InChI is InChI=1S/C17H25NSi/c1-15(2)7-9-18-10-13-19(14-11-18)12-8-16-5-3-4-6-17(16)19/h3-7H,8-14H2,1-2H3. The van der Waals surface area contributed by atoms with Gasteiger partial charge in [0.1, 0.15) is 0 Å². The van der Waals surface area contributed by atoms with Crippen LogP contribution >= 0.6 is 0 Å². The summed E-state index contributed by atoms with van der Waals surface area (Å²) in [4.78, 5) is 2.65. The minimum Gasteiger partial charge on any atom is -0.300 e. The van der Waals surface area contributed by atoms with Gasteiger partial charge in [-0.1, -0.05) is 41.1 Å². The van der Waals surface area contributed by atoms with Gasteiger partial charge in [0.25, 0.3) is 0 Å². The molecule has 0 atom stereocenters. The molecule has 0 amide bonds. The summed E-state index contributed by atoms with van der Waals surface area (Å²) in [5, 5.41) is 1.80. The number of hydrogen-bond acceptors (Lipinski definition) is 1. The van der Waals surface area contributed by atoms with Crippen LogP contribution in [0.4, 0.5) is 0 Å². The van der Waals surface area contributed by atoms with Crippen LogP contribution in [-0.4, -0.2) is 32.6 Å². The van der Waals surface area contributed by atoms with E-state index in [1.165, 1.54) is 43.2 Å². The Hall–Kier alpha value is -0.863. The molecule has 1 nitrogen and oxygen atoms in total. The van der Waals surface area contributed by atoms with Gasteiger partial charge in [-0.2, -0.15) is 0 Å². The summed E-state index contributed by atoms with van der Waals surface area (Å²) in [5.41, 5.74) is 3.12. The van der Waals surface area contributed by atoms with Crippen molar-refractivity contribution in [1.82, 2.24) is 4.90 Å². The molecule has 2 aliphatic rings. The maximum Gasteiger partial charge on any atom is 0.0899 e. The predicted octanol–water partition coefficient (Wildman–Crippen LogP) is 3.18. The van der Waals surface area contributed by atoms with Crippen LogP contribution in [0.5, 0.6) is 0 Å². The van der Waals surface area contributed by atoms with E-state index in [9.17, 15) is 0 Å². The van der Waals surface area contributed by atoms with Crippen LogP contribution in [0.25, 0.3) is 0 Å². The highest BCUT2D eigenvalue weighted by Crippen LogP contribution is 2.33. The Morgan fingerprint density at radius 2 is 1.89 bits per heavy atom. The number of aryl methyl sites for hydroxylation is 1. The average molecular weight is 271 g/mol. The largest absolute Gasteiger partial charge is 0.300 e. The number of hydrogen-bond donors (Lipinski definition) is 0. The zero-order valence-electron chi connectivity index (χ0n) is 12.3. The minimum atomic E-state index is -1.10. The summed E-state index contributed by atoms with van der Waals surface area (Å²) in [7, 11) is -1.10. The predicted molar refractivity (Wildman–Crippen MR) is 85.8 cm³/mol. The fourth-order valence-corrected chi connectivity index (χ4v) is 8.89. The van der Waals surface area contributed by atoms with Crippen LogP contribution in [-0.2, 0) is 6.42 Å². The molecule has 2 aliphatic heterocycles. The van der Waals surface area contributed by atoms with Gasteiger partial charge in [0, 0.05) is 6.54 Å². The van der Waals surface area contributed by atoms with E-state index in [1.807, 2.05) is 0 Å². The van der Waals surface area contributed by atoms with Crippen molar-refractivity contribution in [3.63, 3.8) is 0 Å². The molecule has 1 fully saturated rings. The smallest absolute Gasteiger partial charge is 0.0899 e. The normalized spacial score (nSPS) is 21.4. The molecule has 0 saturated carbocycles. The third kappa shape index (κ3) is 2.56. The molecule has 2 heterocycles. The van der Waals surface area contributed by atoms with Crippen molar-refractivity contribution in [3.8, 4) is 0 Å². The van der Waals surface area contributed by atoms with Gasteiger partial charge in [0.15, 0.2) is 0 Å². The van der Waals surface area contributed by atoms with Crippen LogP contribution < -0.4 is 5.19 Å². The van der Waals surface area contributed by atoms with Gasteiger partial charge in [-0.05, 0) is 57.1 Å². The monoisotopic (exact) mass is 271 g/mol. The van der Waals surface area contributed by atoms with E-state index in [1.54, 1.807) is 10.8 Å². The van der Waals surface area contributed by atoms with Crippen molar-refractivity contribution in [3.05, 3.63) is 41.5 Å². The van der Waals surface area contributed by atoms with Crippen LogP contribution in [0.3, 0.4) is 0 Å². The molecule has 2 heteroatoms. The van der Waals surface area contributed by atoms with E-state index >= 15 is 0 Å². The maximum absolute atomic E-state index is 2.65. The Morgan fingerprint density at radius 1 is 1.16 bits per heavy atom. The third-order valence-corrected chi connectivity index (χ3v) is 10.2. The Kier molecular flexibility index (Phi) is 3.63. The summed E-state index contributed by atoms with van der Waals surface area (Å²) < 4.78 is 0. The maximum atomic E-state index is 2.65. The van der Waals surface area contributed by atoms with Crippen molar-refractivity contribution < 1.29 is 0 Å². The zero-order chi connectivity index (χ0) is 13.3. The topological polar surface area (TPSA) is 3.24 Å². The number of allylic oxidation sites excluding steroid dienone is 1. The molecule has 0 aliphatic carbocycles. The van der Waals surface area contributed by atoms with Gasteiger partial charge in [-0.3, -0.25) is 0 Å². The number of rotatable bonds is 2. The van der Waals surface area contributed by atoms with Crippen molar-refractivity contribution in [2.24, 2.45) is 0 Å². The van der Waals surface area contributed by atoms with Gasteiger partial charge < -0.3 is 4.90 Å². The third-order valence-electron chi connectivity index (χ3n) is 5.03. The highest BCUT2D eigenvalue weighted by molar-refractivity contribution is 6.93. The van der Waals surface area contributed by atoms with Gasteiger partial charge in [-0.25, -0.2) is 0 Å². The van der Waals surface area contributed by atoms with Gasteiger partial charge >= 0.3 is 0 Å². The van der Waals surface area contributed by atoms with E-state index in [0.717, 1.165) is 6.54 Å². The lowest BCUT2D eigenvalue weighted by atomic mass is 10.2. The number of benzene rings is 1. The first kappa shape index (κ1) is 13.1. The molecule has 0 radical (unpaired) electrons. The Bertz CT molecular complexity index is 480. The van der Waals surface area contributed by atoms with Crippen molar-refractivity contribution >= 4 is 13.3 Å². The molecule has 1 spiro atoms. The molecule has 0 unspecified atom stereocenters.